The molecule has 106 valence electrons. The van der Waals surface area contributed by atoms with Gasteiger partial charge in [0.2, 0.25) is 0 Å². The van der Waals surface area contributed by atoms with E-state index in [0.29, 0.717) is 5.56 Å². The first-order valence-corrected chi connectivity index (χ1v) is 8.29. The molecule has 2 aromatic heterocycles. The van der Waals surface area contributed by atoms with Crippen LogP contribution >= 0.6 is 23.3 Å². The summed E-state index contributed by atoms with van der Waals surface area (Å²) in [4.78, 5) is 8.69. The van der Waals surface area contributed by atoms with Gasteiger partial charge in [-0.3, -0.25) is 0 Å². The fourth-order valence-electron chi connectivity index (χ4n) is 2.25. The molecule has 0 saturated carbocycles. The van der Waals surface area contributed by atoms with E-state index >= 15 is 0 Å². The summed E-state index contributed by atoms with van der Waals surface area (Å²) in [6, 6.07) is 6.31. The molecule has 0 radical (unpaired) electrons. The molecule has 0 fully saturated rings. The van der Waals surface area contributed by atoms with Gasteiger partial charge in [0.15, 0.2) is 0 Å². The van der Waals surface area contributed by atoms with E-state index in [1.807, 2.05) is 32.2 Å². The maximum absolute atomic E-state index is 9.17. The second kappa shape index (κ2) is 5.80. The highest BCUT2D eigenvalue weighted by Gasteiger charge is 2.10. The van der Waals surface area contributed by atoms with Gasteiger partial charge in [-0.25, -0.2) is 4.98 Å². The monoisotopic (exact) mass is 314 g/mol. The van der Waals surface area contributed by atoms with Gasteiger partial charge < -0.3 is 9.71 Å². The lowest BCUT2D eigenvalue weighted by Crippen LogP contribution is -1.90. The first-order valence-electron chi connectivity index (χ1n) is 6.49. The number of aromatic amines is 1. The van der Waals surface area contributed by atoms with Gasteiger partial charge in [-0.1, -0.05) is 6.07 Å². The molecule has 0 amide bonds. The number of nitrogens with zero attached hydrogens (tertiary/aromatic N) is 2. The molecule has 0 aliphatic carbocycles. The van der Waals surface area contributed by atoms with Gasteiger partial charge in [0.25, 0.3) is 0 Å². The minimum absolute atomic E-state index is 0.689. The highest BCUT2D eigenvalue weighted by Crippen LogP contribution is 2.30. The predicted octanol–water partition coefficient (Wildman–Crippen LogP) is 4.37. The Morgan fingerprint density at radius 2 is 2.29 bits per heavy atom. The molecule has 21 heavy (non-hydrogen) atoms. The zero-order chi connectivity index (χ0) is 14.8. The Morgan fingerprint density at radius 1 is 1.43 bits per heavy atom. The first kappa shape index (κ1) is 14.0. The summed E-state index contributed by atoms with van der Waals surface area (Å²) in [6.45, 7) is 4.03. The molecule has 2 N–H and O–H groups in total. The van der Waals surface area contributed by atoms with Crippen LogP contribution in [0, 0.1) is 25.2 Å². The van der Waals surface area contributed by atoms with Crippen LogP contribution in [0.3, 0.4) is 0 Å². The predicted molar refractivity (Wildman–Crippen MR) is 89.5 cm³/mol. The Labute approximate surface area is 131 Å². The second-order valence-corrected chi connectivity index (χ2v) is 6.83. The molecule has 0 aliphatic heterocycles. The van der Waals surface area contributed by atoms with Gasteiger partial charge in [-0.05, 0) is 37.4 Å². The van der Waals surface area contributed by atoms with E-state index in [1.54, 1.807) is 29.5 Å². The minimum Gasteiger partial charge on any atom is -0.358 e. The number of hydrogen-bond acceptors (Lipinski definition) is 5. The third kappa shape index (κ3) is 2.75. The largest absolute Gasteiger partial charge is 0.358 e. The van der Waals surface area contributed by atoms with Gasteiger partial charge >= 0.3 is 0 Å². The fraction of sp³-hybridized carbons (Fsp3) is 0.200. The number of rotatable bonds is 4. The molecule has 1 aromatic carbocycles. The van der Waals surface area contributed by atoms with Crippen LogP contribution < -0.4 is 4.72 Å². The first-order chi connectivity index (χ1) is 10.2. The van der Waals surface area contributed by atoms with Crippen molar-refractivity contribution in [3.05, 3.63) is 45.5 Å². The number of fused-ring (bicyclic) bond motifs is 1. The lowest BCUT2D eigenvalue weighted by Gasteiger charge is -2.07. The molecule has 0 bridgehead atoms. The molecule has 0 aliphatic rings. The lowest BCUT2D eigenvalue weighted by atomic mass is 10.1. The van der Waals surface area contributed by atoms with Crippen molar-refractivity contribution in [3.63, 3.8) is 0 Å². The Kier molecular flexibility index (Phi) is 3.86. The van der Waals surface area contributed by atoms with Crippen LogP contribution in [0.1, 0.15) is 21.0 Å². The van der Waals surface area contributed by atoms with Crippen LogP contribution in [-0.2, 0) is 5.75 Å². The van der Waals surface area contributed by atoms with Crippen LogP contribution in [0.15, 0.2) is 24.5 Å². The normalized spacial score (nSPS) is 10.7. The number of thiazole rings is 1. The quantitative estimate of drug-likeness (QED) is 0.702. The molecule has 0 saturated heterocycles. The molecule has 3 rings (SSSR count). The summed E-state index contributed by atoms with van der Waals surface area (Å²) in [7, 11) is 0. The molecule has 0 unspecified atom stereocenters. The van der Waals surface area contributed by atoms with Gasteiger partial charge in [-0.15, -0.1) is 11.3 Å². The zero-order valence-electron chi connectivity index (χ0n) is 11.7. The van der Waals surface area contributed by atoms with Crippen molar-refractivity contribution in [1.82, 2.24) is 9.97 Å². The SMILES string of the molecule is Cc1ncc(CSNc2ccc(C)c3c(C#N)c[nH]c23)s1. The van der Waals surface area contributed by atoms with E-state index in [9.17, 15) is 0 Å². The summed E-state index contributed by atoms with van der Waals surface area (Å²) < 4.78 is 3.36. The molecular weight excluding hydrogens is 300 g/mol. The Hall–Kier alpha value is -1.97. The van der Waals surface area contributed by atoms with Crippen molar-refractivity contribution in [2.45, 2.75) is 19.6 Å². The topological polar surface area (TPSA) is 64.5 Å². The highest BCUT2D eigenvalue weighted by atomic mass is 32.2. The Balaban J connectivity index is 1.80. The molecule has 0 atom stereocenters. The van der Waals surface area contributed by atoms with Crippen molar-refractivity contribution < 1.29 is 0 Å². The van der Waals surface area contributed by atoms with Crippen LogP contribution in [0.2, 0.25) is 0 Å². The maximum atomic E-state index is 9.17. The van der Waals surface area contributed by atoms with Crippen LogP contribution in [0.25, 0.3) is 10.9 Å². The standard InChI is InChI=1S/C15H14N4S2/c1-9-3-4-13(15-14(9)11(5-16)6-18-15)19-20-8-12-7-17-10(2)21-12/h3-4,6-7,18-19H,8H2,1-2H3. The second-order valence-electron chi connectivity index (χ2n) is 4.73. The van der Waals surface area contributed by atoms with E-state index in [-0.39, 0.29) is 0 Å². The summed E-state index contributed by atoms with van der Waals surface area (Å²) in [5.41, 5.74) is 3.79. The highest BCUT2D eigenvalue weighted by molar-refractivity contribution is 7.99. The summed E-state index contributed by atoms with van der Waals surface area (Å²) in [5.74, 6) is 0.868. The number of hydrogen-bond donors (Lipinski definition) is 2. The molecular formula is C15H14N4S2. The van der Waals surface area contributed by atoms with Gasteiger partial charge in [-0.2, -0.15) is 5.26 Å². The summed E-state index contributed by atoms with van der Waals surface area (Å²) in [5, 5.41) is 11.3. The van der Waals surface area contributed by atoms with E-state index < -0.39 is 0 Å². The van der Waals surface area contributed by atoms with Crippen molar-refractivity contribution in [2.24, 2.45) is 0 Å². The molecule has 6 heteroatoms. The molecule has 0 spiro atoms. The van der Waals surface area contributed by atoms with Gasteiger partial charge in [0.1, 0.15) is 6.07 Å². The third-order valence-corrected chi connectivity index (χ3v) is 5.15. The fourth-order valence-corrected chi connectivity index (χ4v) is 3.87. The third-order valence-electron chi connectivity index (χ3n) is 3.23. The van der Waals surface area contributed by atoms with Gasteiger partial charge in [0.05, 0.1) is 21.8 Å². The average Bonchev–Trinajstić information content (AvgIpc) is 3.08. The number of anilines is 1. The van der Waals surface area contributed by atoms with E-state index in [4.69, 9.17) is 5.26 Å². The van der Waals surface area contributed by atoms with E-state index in [1.165, 1.54) is 4.88 Å². The number of aromatic nitrogens is 2. The average molecular weight is 314 g/mol. The lowest BCUT2D eigenvalue weighted by molar-refractivity contribution is 1.28. The van der Waals surface area contributed by atoms with Crippen LogP contribution in [0.5, 0.6) is 0 Å². The van der Waals surface area contributed by atoms with Crippen LogP contribution in [-0.4, -0.2) is 9.97 Å². The van der Waals surface area contributed by atoms with E-state index in [0.717, 1.165) is 32.9 Å². The van der Waals surface area contributed by atoms with Crippen LogP contribution in [0.4, 0.5) is 5.69 Å². The molecule has 2 heterocycles. The zero-order valence-corrected chi connectivity index (χ0v) is 13.4. The van der Waals surface area contributed by atoms with Crippen molar-refractivity contribution in [1.29, 1.82) is 5.26 Å². The maximum Gasteiger partial charge on any atom is 0.101 e. The Morgan fingerprint density at radius 3 is 3.00 bits per heavy atom. The summed E-state index contributed by atoms with van der Waals surface area (Å²) >= 11 is 3.34. The Bertz CT molecular complexity index is 826. The van der Waals surface area contributed by atoms with Crippen molar-refractivity contribution >= 4 is 39.9 Å². The number of benzene rings is 1. The number of aryl methyl sites for hydroxylation is 2. The smallest absolute Gasteiger partial charge is 0.101 e. The van der Waals surface area contributed by atoms with Crippen molar-refractivity contribution in [3.8, 4) is 6.07 Å². The minimum atomic E-state index is 0.689. The number of nitrogens with one attached hydrogen (secondary N) is 2. The van der Waals surface area contributed by atoms with Crippen molar-refractivity contribution in [2.75, 3.05) is 4.72 Å². The number of H-pyrrole nitrogens is 1. The molecule has 4 nitrogen and oxygen atoms in total. The van der Waals surface area contributed by atoms with Gasteiger partial charge in [0, 0.05) is 28.4 Å². The van der Waals surface area contributed by atoms with E-state index in [2.05, 4.69) is 20.8 Å². The number of nitriles is 1. The molecule has 3 aromatic rings. The summed E-state index contributed by atoms with van der Waals surface area (Å²) in [6.07, 6.45) is 3.68.